The third kappa shape index (κ3) is 3.04. The van der Waals surface area contributed by atoms with Crippen LogP contribution in [-0.4, -0.2) is 29.6 Å². The van der Waals surface area contributed by atoms with Crippen LogP contribution in [0, 0.1) is 0 Å². The van der Waals surface area contributed by atoms with Gasteiger partial charge in [0, 0.05) is 12.5 Å². The summed E-state index contributed by atoms with van der Waals surface area (Å²) in [6.07, 6.45) is 5.94. The smallest absolute Gasteiger partial charge is 0.192 e. The van der Waals surface area contributed by atoms with E-state index in [1.807, 2.05) is 0 Å². The molecule has 6 nitrogen and oxygen atoms in total. The number of imidazole rings is 1. The lowest BCUT2D eigenvalue weighted by atomic mass is 10.4. The lowest BCUT2D eigenvalue weighted by molar-refractivity contribution is 0.598. The van der Waals surface area contributed by atoms with Crippen LogP contribution in [0.3, 0.4) is 0 Å². The molecule has 0 unspecified atom stereocenters. The maximum atomic E-state index is 11.2. The van der Waals surface area contributed by atoms with Crippen LogP contribution in [0.4, 0.5) is 5.69 Å². The first-order valence-electron chi connectivity index (χ1n) is 4.93. The van der Waals surface area contributed by atoms with E-state index in [-0.39, 0.29) is 5.03 Å². The van der Waals surface area contributed by atoms with Crippen LogP contribution in [0.2, 0.25) is 0 Å². The van der Waals surface area contributed by atoms with E-state index in [9.17, 15) is 8.42 Å². The number of aromatic amines is 1. The average Bonchev–Trinajstić information content (AvgIpc) is 2.78. The minimum Gasteiger partial charge on any atom is -0.378 e. The Morgan fingerprint density at radius 3 is 2.71 bits per heavy atom. The van der Waals surface area contributed by atoms with Crippen molar-refractivity contribution in [3.05, 3.63) is 36.5 Å². The van der Waals surface area contributed by atoms with Crippen LogP contribution in [-0.2, 0) is 16.4 Å². The third-order valence-corrected chi connectivity index (χ3v) is 3.16. The molecule has 0 amide bonds. The van der Waals surface area contributed by atoms with Gasteiger partial charge in [0.05, 0.1) is 30.5 Å². The van der Waals surface area contributed by atoms with Gasteiger partial charge in [-0.05, 0) is 12.1 Å². The number of aromatic nitrogens is 3. The number of nitrogens with zero attached hydrogens (tertiary/aromatic N) is 2. The van der Waals surface area contributed by atoms with E-state index in [1.54, 1.807) is 18.6 Å². The number of anilines is 1. The van der Waals surface area contributed by atoms with Gasteiger partial charge in [-0.1, -0.05) is 0 Å². The van der Waals surface area contributed by atoms with Gasteiger partial charge in [-0.2, -0.15) is 0 Å². The summed E-state index contributed by atoms with van der Waals surface area (Å²) >= 11 is 0. The van der Waals surface area contributed by atoms with Crippen molar-refractivity contribution in [3.63, 3.8) is 0 Å². The first kappa shape index (κ1) is 11.6. The quantitative estimate of drug-likeness (QED) is 0.841. The van der Waals surface area contributed by atoms with Gasteiger partial charge in [0.2, 0.25) is 0 Å². The standard InChI is InChI=1S/C10H12N4O2S/c1-17(15,16)10-3-2-8(5-13-10)12-6-9-4-11-7-14-9/h2-5,7,12H,6H2,1H3,(H,11,14). The SMILES string of the molecule is CS(=O)(=O)c1ccc(NCc2cnc[nH]2)cn1. The minimum atomic E-state index is -3.23. The molecule has 0 radical (unpaired) electrons. The van der Waals surface area contributed by atoms with E-state index in [0.29, 0.717) is 6.54 Å². The van der Waals surface area contributed by atoms with Gasteiger partial charge in [-0.25, -0.2) is 18.4 Å². The monoisotopic (exact) mass is 252 g/mol. The van der Waals surface area contributed by atoms with Crippen molar-refractivity contribution in [3.8, 4) is 0 Å². The molecule has 0 aliphatic rings. The zero-order valence-corrected chi connectivity index (χ0v) is 10.0. The van der Waals surface area contributed by atoms with Gasteiger partial charge in [0.1, 0.15) is 0 Å². The minimum absolute atomic E-state index is 0.0737. The summed E-state index contributed by atoms with van der Waals surface area (Å²) in [5.74, 6) is 0. The second-order valence-corrected chi connectivity index (χ2v) is 5.55. The molecule has 0 atom stereocenters. The zero-order valence-electron chi connectivity index (χ0n) is 9.21. The van der Waals surface area contributed by atoms with Gasteiger partial charge in [0.15, 0.2) is 14.9 Å². The summed E-state index contributed by atoms with van der Waals surface area (Å²) in [6.45, 7) is 0.583. The predicted octanol–water partition coefficient (Wildman–Crippen LogP) is 0.820. The number of pyridine rings is 1. The molecule has 0 bridgehead atoms. The molecule has 0 aliphatic heterocycles. The fourth-order valence-electron chi connectivity index (χ4n) is 1.28. The number of hydrogen-bond acceptors (Lipinski definition) is 5. The Kier molecular flexibility index (Phi) is 3.10. The molecule has 0 spiro atoms. The maximum Gasteiger partial charge on any atom is 0.192 e. The van der Waals surface area contributed by atoms with Gasteiger partial charge in [-0.15, -0.1) is 0 Å². The number of H-pyrrole nitrogens is 1. The molecule has 2 rings (SSSR count). The van der Waals surface area contributed by atoms with Crippen molar-refractivity contribution >= 4 is 15.5 Å². The Hall–Kier alpha value is -1.89. The molecule has 0 saturated heterocycles. The molecular weight excluding hydrogens is 240 g/mol. The Morgan fingerprint density at radius 2 is 2.18 bits per heavy atom. The highest BCUT2D eigenvalue weighted by Crippen LogP contribution is 2.10. The highest BCUT2D eigenvalue weighted by Gasteiger charge is 2.07. The molecule has 0 aliphatic carbocycles. The molecule has 7 heteroatoms. The molecule has 0 fully saturated rings. The fourth-order valence-corrected chi connectivity index (χ4v) is 1.84. The molecule has 2 aromatic rings. The second kappa shape index (κ2) is 4.54. The van der Waals surface area contributed by atoms with Gasteiger partial charge in [0.25, 0.3) is 0 Å². The molecule has 90 valence electrons. The molecular formula is C10H12N4O2S. The summed E-state index contributed by atoms with van der Waals surface area (Å²) in [7, 11) is -3.23. The van der Waals surface area contributed by atoms with Crippen LogP contribution < -0.4 is 5.32 Å². The third-order valence-electron chi connectivity index (χ3n) is 2.15. The predicted molar refractivity (Wildman–Crippen MR) is 63.3 cm³/mol. The van der Waals surface area contributed by atoms with E-state index < -0.39 is 9.84 Å². The molecule has 2 aromatic heterocycles. The van der Waals surface area contributed by atoms with E-state index in [2.05, 4.69) is 20.3 Å². The van der Waals surface area contributed by atoms with Crippen LogP contribution in [0.25, 0.3) is 0 Å². The molecule has 0 aromatic carbocycles. The maximum absolute atomic E-state index is 11.2. The summed E-state index contributed by atoms with van der Waals surface area (Å²) in [5.41, 5.74) is 1.70. The fraction of sp³-hybridized carbons (Fsp3) is 0.200. The summed E-state index contributed by atoms with van der Waals surface area (Å²) in [6, 6.07) is 3.16. The molecule has 2 heterocycles. The van der Waals surface area contributed by atoms with Gasteiger partial charge < -0.3 is 10.3 Å². The van der Waals surface area contributed by atoms with E-state index in [0.717, 1.165) is 17.6 Å². The van der Waals surface area contributed by atoms with Crippen molar-refractivity contribution in [2.45, 2.75) is 11.6 Å². The number of hydrogen-bond donors (Lipinski definition) is 2. The van der Waals surface area contributed by atoms with Crippen LogP contribution in [0.5, 0.6) is 0 Å². The number of rotatable bonds is 4. The highest BCUT2D eigenvalue weighted by atomic mass is 32.2. The lowest BCUT2D eigenvalue weighted by Crippen LogP contribution is -2.03. The largest absolute Gasteiger partial charge is 0.378 e. The summed E-state index contributed by atoms with van der Waals surface area (Å²) in [4.78, 5) is 10.7. The Labute approximate surface area is 99.0 Å². The topological polar surface area (TPSA) is 87.7 Å². The zero-order chi connectivity index (χ0) is 12.3. The Balaban J connectivity index is 2.04. The van der Waals surface area contributed by atoms with Gasteiger partial charge in [-0.3, -0.25) is 0 Å². The number of nitrogens with one attached hydrogen (secondary N) is 2. The van der Waals surface area contributed by atoms with Crippen LogP contribution >= 0.6 is 0 Å². The molecule has 2 N–H and O–H groups in total. The second-order valence-electron chi connectivity index (χ2n) is 3.59. The van der Waals surface area contributed by atoms with Crippen molar-refractivity contribution in [2.75, 3.05) is 11.6 Å². The highest BCUT2D eigenvalue weighted by molar-refractivity contribution is 7.90. The van der Waals surface area contributed by atoms with E-state index >= 15 is 0 Å². The first-order chi connectivity index (χ1) is 8.05. The van der Waals surface area contributed by atoms with Crippen molar-refractivity contribution < 1.29 is 8.42 Å². The Morgan fingerprint density at radius 1 is 1.35 bits per heavy atom. The number of sulfone groups is 1. The van der Waals surface area contributed by atoms with E-state index in [1.165, 1.54) is 12.3 Å². The van der Waals surface area contributed by atoms with Crippen LogP contribution in [0.1, 0.15) is 5.69 Å². The van der Waals surface area contributed by atoms with Crippen molar-refractivity contribution in [1.29, 1.82) is 0 Å². The average molecular weight is 252 g/mol. The normalized spacial score (nSPS) is 11.4. The molecule has 17 heavy (non-hydrogen) atoms. The summed E-state index contributed by atoms with van der Waals surface area (Å²) < 4.78 is 22.4. The van der Waals surface area contributed by atoms with E-state index in [4.69, 9.17) is 0 Å². The lowest BCUT2D eigenvalue weighted by Gasteiger charge is -2.04. The van der Waals surface area contributed by atoms with Gasteiger partial charge >= 0.3 is 0 Å². The van der Waals surface area contributed by atoms with Crippen LogP contribution in [0.15, 0.2) is 35.9 Å². The summed E-state index contributed by atoms with van der Waals surface area (Å²) in [5, 5.41) is 3.17. The molecule has 0 saturated carbocycles. The van der Waals surface area contributed by atoms with Crippen molar-refractivity contribution in [2.24, 2.45) is 0 Å². The first-order valence-corrected chi connectivity index (χ1v) is 6.82. The van der Waals surface area contributed by atoms with Crippen molar-refractivity contribution in [1.82, 2.24) is 15.0 Å². The Bertz CT molecular complexity index is 575.